The topological polar surface area (TPSA) is 153 Å². The molecule has 1 fully saturated rings. The highest BCUT2D eigenvalue weighted by molar-refractivity contribution is 8.00. The van der Waals surface area contributed by atoms with Gasteiger partial charge in [0.2, 0.25) is 11.8 Å². The number of nitrogens with two attached hydrogens (primary N) is 1. The highest BCUT2D eigenvalue weighted by Crippen LogP contribution is 2.34. The molecular formula is C31H30N6O4S. The second kappa shape index (κ2) is 13.2. The molecule has 2 aromatic carbocycles. The normalized spacial score (nSPS) is 14.5. The number of anilines is 2. The largest absolute Gasteiger partial charge is 0.494 e. The standard InChI is InChI=1S/C31H30N6O4S/c1-4-41-22-12-10-21(11-13-22)37-26(38)14-25(31(37)40)36(17-20-8-6-5-7-9-20)27(39)18-42-30-24(16-33)28(19(2)3)23(15-32)29(34)35-30/h5-13,19,25H,4,14,17-18H2,1-3H3,(H2,34,35). The number of carbonyl (C=O) groups is 3. The first-order chi connectivity index (χ1) is 20.2. The molecule has 0 saturated carbocycles. The maximum absolute atomic E-state index is 13.8. The quantitative estimate of drug-likeness (QED) is 0.271. The number of nitrogens with zero attached hydrogens (tertiary/aromatic N) is 5. The monoisotopic (exact) mass is 582 g/mol. The van der Waals surface area contributed by atoms with Crippen molar-refractivity contribution in [1.82, 2.24) is 9.88 Å². The number of imide groups is 1. The summed E-state index contributed by atoms with van der Waals surface area (Å²) in [5.41, 5.74) is 8.05. The number of hydrogen-bond donors (Lipinski definition) is 1. The molecule has 0 radical (unpaired) electrons. The zero-order valence-corrected chi connectivity index (χ0v) is 24.4. The van der Waals surface area contributed by atoms with Crippen LogP contribution in [0.2, 0.25) is 0 Å². The van der Waals surface area contributed by atoms with Crippen LogP contribution in [0.25, 0.3) is 0 Å². The third-order valence-corrected chi connectivity index (χ3v) is 7.75. The number of nitrogen functional groups attached to an aromatic ring is 1. The molecule has 10 nitrogen and oxygen atoms in total. The highest BCUT2D eigenvalue weighted by Gasteiger charge is 2.44. The van der Waals surface area contributed by atoms with Gasteiger partial charge < -0.3 is 15.4 Å². The first-order valence-corrected chi connectivity index (χ1v) is 14.4. The Morgan fingerprint density at radius 2 is 1.79 bits per heavy atom. The van der Waals surface area contributed by atoms with Crippen LogP contribution in [0.5, 0.6) is 5.75 Å². The van der Waals surface area contributed by atoms with Crippen LogP contribution in [0.1, 0.15) is 55.4 Å². The lowest BCUT2D eigenvalue weighted by molar-refractivity contribution is -0.136. The van der Waals surface area contributed by atoms with Gasteiger partial charge in [0.15, 0.2) is 0 Å². The maximum atomic E-state index is 13.8. The molecule has 11 heteroatoms. The van der Waals surface area contributed by atoms with Gasteiger partial charge in [-0.1, -0.05) is 55.9 Å². The lowest BCUT2D eigenvalue weighted by Crippen LogP contribution is -2.45. The van der Waals surface area contributed by atoms with E-state index in [1.54, 1.807) is 24.3 Å². The summed E-state index contributed by atoms with van der Waals surface area (Å²) in [7, 11) is 0. The number of hydrogen-bond acceptors (Lipinski definition) is 9. The van der Waals surface area contributed by atoms with Crippen LogP contribution < -0.4 is 15.4 Å². The molecule has 214 valence electrons. The van der Waals surface area contributed by atoms with Gasteiger partial charge in [-0.05, 0) is 48.2 Å². The SMILES string of the molecule is CCOc1ccc(N2C(=O)CC(N(Cc3ccccc3)C(=O)CSc3nc(N)c(C#N)c(C(C)C)c3C#N)C2=O)cc1. The minimum Gasteiger partial charge on any atom is -0.494 e. The lowest BCUT2D eigenvalue weighted by Gasteiger charge is -2.28. The van der Waals surface area contributed by atoms with E-state index < -0.39 is 23.8 Å². The first-order valence-electron chi connectivity index (χ1n) is 13.4. The number of benzene rings is 2. The molecular weight excluding hydrogens is 552 g/mol. The molecule has 1 aromatic heterocycles. The summed E-state index contributed by atoms with van der Waals surface area (Å²) >= 11 is 1.01. The predicted molar refractivity (Wildman–Crippen MR) is 158 cm³/mol. The fourth-order valence-electron chi connectivity index (χ4n) is 4.86. The zero-order chi connectivity index (χ0) is 30.4. The molecule has 1 aliphatic heterocycles. The molecule has 3 aromatic rings. The molecule has 0 spiro atoms. The molecule has 4 rings (SSSR count). The van der Waals surface area contributed by atoms with E-state index in [4.69, 9.17) is 10.5 Å². The Hall–Kier alpha value is -4.87. The number of aromatic nitrogens is 1. The van der Waals surface area contributed by atoms with Crippen LogP contribution in [0.4, 0.5) is 11.5 Å². The number of amides is 3. The molecule has 42 heavy (non-hydrogen) atoms. The highest BCUT2D eigenvalue weighted by atomic mass is 32.2. The van der Waals surface area contributed by atoms with Crippen LogP contribution in [0, 0.1) is 22.7 Å². The van der Waals surface area contributed by atoms with E-state index in [1.165, 1.54) is 4.90 Å². The summed E-state index contributed by atoms with van der Waals surface area (Å²) in [6.07, 6.45) is -0.168. The van der Waals surface area contributed by atoms with Crippen LogP contribution in [-0.4, -0.2) is 46.0 Å². The molecule has 2 N–H and O–H groups in total. The maximum Gasteiger partial charge on any atom is 0.257 e. The van der Waals surface area contributed by atoms with Gasteiger partial charge in [-0.25, -0.2) is 9.88 Å². The van der Waals surface area contributed by atoms with Gasteiger partial charge in [-0.15, -0.1) is 0 Å². The zero-order valence-electron chi connectivity index (χ0n) is 23.5. The molecule has 0 bridgehead atoms. The van der Waals surface area contributed by atoms with E-state index in [1.807, 2.05) is 57.2 Å². The van der Waals surface area contributed by atoms with Crippen molar-refractivity contribution in [1.29, 1.82) is 10.5 Å². The molecule has 1 unspecified atom stereocenters. The molecule has 2 heterocycles. The van der Waals surface area contributed by atoms with Crippen molar-refractivity contribution < 1.29 is 19.1 Å². The fraction of sp³-hybridized carbons (Fsp3) is 0.290. The minimum atomic E-state index is -1.02. The van der Waals surface area contributed by atoms with Crippen molar-refractivity contribution in [2.45, 2.75) is 50.7 Å². The Balaban J connectivity index is 1.63. The smallest absolute Gasteiger partial charge is 0.257 e. The Kier molecular flexibility index (Phi) is 9.46. The van der Waals surface area contributed by atoms with E-state index in [-0.39, 0.29) is 46.6 Å². The van der Waals surface area contributed by atoms with Crippen molar-refractivity contribution in [3.8, 4) is 17.9 Å². The lowest BCUT2D eigenvalue weighted by atomic mass is 9.94. The van der Waals surface area contributed by atoms with Crippen LogP contribution in [0.15, 0.2) is 59.6 Å². The van der Waals surface area contributed by atoms with Crippen molar-refractivity contribution in [2.75, 3.05) is 23.0 Å². The number of thioether (sulfide) groups is 1. The Morgan fingerprint density at radius 3 is 2.38 bits per heavy atom. The third-order valence-electron chi connectivity index (χ3n) is 6.79. The van der Waals surface area contributed by atoms with Gasteiger partial charge in [-0.2, -0.15) is 10.5 Å². The molecule has 1 aliphatic rings. The fourth-order valence-corrected chi connectivity index (χ4v) is 5.75. The minimum absolute atomic E-state index is 0.0149. The molecule has 0 aliphatic carbocycles. The predicted octanol–water partition coefficient (Wildman–Crippen LogP) is 4.38. The number of rotatable bonds is 10. The number of nitriles is 2. The first kappa shape index (κ1) is 30.1. The van der Waals surface area contributed by atoms with Crippen molar-refractivity contribution in [2.24, 2.45) is 0 Å². The van der Waals surface area contributed by atoms with Crippen molar-refractivity contribution in [3.05, 3.63) is 76.9 Å². The summed E-state index contributed by atoms with van der Waals surface area (Å²) in [5.74, 6) is -1.08. The average molecular weight is 583 g/mol. The number of pyridine rings is 1. The van der Waals surface area contributed by atoms with Gasteiger partial charge in [0.05, 0.1) is 35.6 Å². The Bertz CT molecular complexity index is 1580. The van der Waals surface area contributed by atoms with Crippen LogP contribution in [-0.2, 0) is 20.9 Å². The van der Waals surface area contributed by atoms with E-state index in [9.17, 15) is 24.9 Å². The summed E-state index contributed by atoms with van der Waals surface area (Å²) in [6, 6.07) is 19.0. The second-order valence-corrected chi connectivity index (χ2v) is 10.8. The summed E-state index contributed by atoms with van der Waals surface area (Å²) < 4.78 is 5.46. The second-order valence-electron chi connectivity index (χ2n) is 9.85. The summed E-state index contributed by atoms with van der Waals surface area (Å²) in [5, 5.41) is 19.7. The summed E-state index contributed by atoms with van der Waals surface area (Å²) in [6.45, 7) is 6.13. The molecule has 3 amide bonds. The van der Waals surface area contributed by atoms with Gasteiger partial charge in [0.25, 0.3) is 5.91 Å². The van der Waals surface area contributed by atoms with Gasteiger partial charge >= 0.3 is 0 Å². The average Bonchev–Trinajstić information content (AvgIpc) is 3.28. The summed E-state index contributed by atoms with van der Waals surface area (Å²) in [4.78, 5) is 47.3. The van der Waals surface area contributed by atoms with Crippen molar-refractivity contribution >= 4 is 41.0 Å². The van der Waals surface area contributed by atoms with Gasteiger partial charge in [0.1, 0.15) is 34.8 Å². The van der Waals surface area contributed by atoms with Gasteiger partial charge in [0, 0.05) is 6.54 Å². The third kappa shape index (κ3) is 6.22. The van der Waals surface area contributed by atoms with Crippen LogP contribution in [0.3, 0.4) is 0 Å². The van der Waals surface area contributed by atoms with Crippen LogP contribution >= 0.6 is 11.8 Å². The van der Waals surface area contributed by atoms with E-state index >= 15 is 0 Å². The van der Waals surface area contributed by atoms with Gasteiger partial charge in [-0.3, -0.25) is 14.4 Å². The number of ether oxygens (including phenoxy) is 1. The Labute approximate surface area is 248 Å². The van der Waals surface area contributed by atoms with Crippen molar-refractivity contribution in [3.63, 3.8) is 0 Å². The number of carbonyl (C=O) groups excluding carboxylic acids is 3. The Morgan fingerprint density at radius 1 is 1.12 bits per heavy atom. The molecule has 1 atom stereocenters. The van der Waals surface area contributed by atoms with E-state index in [2.05, 4.69) is 11.1 Å². The van der Waals surface area contributed by atoms with E-state index in [0.717, 1.165) is 22.2 Å². The molecule has 1 saturated heterocycles. The van der Waals surface area contributed by atoms with E-state index in [0.29, 0.717) is 23.6 Å².